The third-order valence-corrected chi connectivity index (χ3v) is 19.5. The van der Waals surface area contributed by atoms with E-state index in [-0.39, 0.29) is 25.7 Å². The lowest BCUT2D eigenvalue weighted by Gasteiger charge is -2.21. The molecular formula is C83H150O17P2. The van der Waals surface area contributed by atoms with Crippen molar-refractivity contribution in [2.45, 2.75) is 393 Å². The maximum atomic E-state index is 13.1. The Labute approximate surface area is 622 Å². The molecule has 17 nitrogen and oxygen atoms in total. The highest BCUT2D eigenvalue weighted by Crippen LogP contribution is 2.45. The van der Waals surface area contributed by atoms with Crippen LogP contribution in [0.25, 0.3) is 0 Å². The molecule has 0 rings (SSSR count). The fourth-order valence-corrected chi connectivity index (χ4v) is 12.9. The number of allylic oxidation sites excluding steroid dienone is 12. The lowest BCUT2D eigenvalue weighted by Crippen LogP contribution is -2.30. The summed E-state index contributed by atoms with van der Waals surface area (Å²) in [4.78, 5) is 73.0. The Balaban J connectivity index is 5.33. The van der Waals surface area contributed by atoms with Crippen LogP contribution < -0.4 is 0 Å². The molecule has 0 aliphatic rings. The fourth-order valence-electron chi connectivity index (χ4n) is 11.3. The Morgan fingerprint density at radius 1 is 0.275 bits per heavy atom. The summed E-state index contributed by atoms with van der Waals surface area (Å²) in [5, 5.41) is 10.6. The first-order chi connectivity index (χ1) is 49.7. The first-order valence-electron chi connectivity index (χ1n) is 41.2. The molecule has 5 atom stereocenters. The number of carbonyl (C=O) groups excluding carboxylic acids is 4. The van der Waals surface area contributed by atoms with Crippen LogP contribution in [0.4, 0.5) is 0 Å². The van der Waals surface area contributed by atoms with Crippen LogP contribution in [0.2, 0.25) is 0 Å². The average Bonchev–Trinajstić information content (AvgIpc) is 0.908. The monoisotopic (exact) mass is 1480 g/mol. The second-order valence-electron chi connectivity index (χ2n) is 27.7. The van der Waals surface area contributed by atoms with Crippen molar-refractivity contribution in [3.63, 3.8) is 0 Å². The normalized spacial score (nSPS) is 14.2. The first kappa shape index (κ1) is 98.5. The van der Waals surface area contributed by atoms with E-state index in [1.807, 2.05) is 0 Å². The van der Waals surface area contributed by atoms with Crippen molar-refractivity contribution in [3.8, 4) is 0 Å². The topological polar surface area (TPSA) is 237 Å². The Hall–Kier alpha value is -3.50. The number of hydrogen-bond donors (Lipinski definition) is 3. The highest BCUT2D eigenvalue weighted by molar-refractivity contribution is 7.47. The maximum absolute atomic E-state index is 13.1. The van der Waals surface area contributed by atoms with Gasteiger partial charge in [-0.15, -0.1) is 0 Å². The van der Waals surface area contributed by atoms with E-state index in [1.54, 1.807) is 0 Å². The van der Waals surface area contributed by atoms with Crippen LogP contribution in [-0.4, -0.2) is 96.7 Å². The van der Waals surface area contributed by atoms with Gasteiger partial charge in [-0.1, -0.05) is 300 Å². The van der Waals surface area contributed by atoms with Crippen molar-refractivity contribution in [3.05, 3.63) is 72.9 Å². The minimum absolute atomic E-state index is 0.0844. The molecule has 0 aliphatic carbocycles. The summed E-state index contributed by atoms with van der Waals surface area (Å²) in [5.74, 6) is -2.18. The number of rotatable bonds is 78. The summed E-state index contributed by atoms with van der Waals surface area (Å²) < 4.78 is 68.7. The van der Waals surface area contributed by atoms with Gasteiger partial charge in [0.05, 0.1) is 26.4 Å². The molecule has 0 radical (unpaired) electrons. The summed E-state index contributed by atoms with van der Waals surface area (Å²) in [7, 11) is -9.95. The molecule has 0 spiro atoms. The minimum Gasteiger partial charge on any atom is -0.462 e. The van der Waals surface area contributed by atoms with E-state index in [1.165, 1.54) is 128 Å². The van der Waals surface area contributed by atoms with Gasteiger partial charge in [-0.3, -0.25) is 37.3 Å². The quantitative estimate of drug-likeness (QED) is 0.0169. The summed E-state index contributed by atoms with van der Waals surface area (Å²) in [6.07, 6.45) is 77.2. The van der Waals surface area contributed by atoms with E-state index >= 15 is 0 Å². The van der Waals surface area contributed by atoms with Gasteiger partial charge in [-0.2, -0.15) is 0 Å². The molecule has 0 saturated heterocycles. The number of esters is 4. The average molecular weight is 1480 g/mol. The van der Waals surface area contributed by atoms with Crippen LogP contribution >= 0.6 is 15.6 Å². The summed E-state index contributed by atoms with van der Waals surface area (Å²) in [6, 6.07) is 0. The third kappa shape index (κ3) is 74.8. The zero-order chi connectivity index (χ0) is 74.6. The van der Waals surface area contributed by atoms with E-state index < -0.39 is 97.5 Å². The van der Waals surface area contributed by atoms with Crippen LogP contribution in [0.3, 0.4) is 0 Å². The highest BCUT2D eigenvalue weighted by Gasteiger charge is 2.30. The predicted octanol–water partition coefficient (Wildman–Crippen LogP) is 24.0. The fraction of sp³-hybridized carbons (Fsp3) is 0.807. The summed E-state index contributed by atoms with van der Waals surface area (Å²) >= 11 is 0. The lowest BCUT2D eigenvalue weighted by molar-refractivity contribution is -0.161. The number of phosphoric acid groups is 2. The molecule has 0 saturated carbocycles. The number of unbranched alkanes of at least 4 members (excludes halogenated alkanes) is 40. The minimum atomic E-state index is -4.98. The molecule has 19 heteroatoms. The Bertz CT molecular complexity index is 2210. The van der Waals surface area contributed by atoms with Gasteiger partial charge in [0.2, 0.25) is 0 Å². The molecular weight excluding hydrogens is 1330 g/mol. The van der Waals surface area contributed by atoms with Crippen molar-refractivity contribution in [1.29, 1.82) is 0 Å². The van der Waals surface area contributed by atoms with Crippen LogP contribution in [0.1, 0.15) is 374 Å². The smallest absolute Gasteiger partial charge is 0.462 e. The number of aliphatic hydroxyl groups excluding tert-OH is 1. The molecule has 5 unspecified atom stereocenters. The Kier molecular flexibility index (Phi) is 73.1. The standard InChI is InChI=1S/C83H150O17P2/c1-5-9-13-17-21-25-29-33-36-37-38-39-42-45-48-52-56-60-64-68-81(86)94-73-78(99-82(87)69-65-61-57-53-49-43-32-28-24-20-16-12-8-4)75-97-101(89,90)95-71-77(84)72-96-102(91,92)98-76-79(100-83(88)70-66-62-58-54-50-46-41-35-31-27-23-19-15-11-7-3)74-93-80(85)67-63-59-55-51-47-44-40-34-30-26-22-18-14-10-6-2/h21-22,25-26,28,32-34,36,38-40,77-79,84H,5-20,23-24,27,29-31,35,37,41-76H2,1-4H3,(H,89,90)(H,91,92)/b25-21-,26-22-,32-28-,36-33-,39-38-,40-34-. The van der Waals surface area contributed by atoms with Crippen molar-refractivity contribution in [1.82, 2.24) is 0 Å². The van der Waals surface area contributed by atoms with Crippen LogP contribution in [0, 0.1) is 0 Å². The van der Waals surface area contributed by atoms with Gasteiger partial charge < -0.3 is 33.8 Å². The van der Waals surface area contributed by atoms with Gasteiger partial charge in [0.1, 0.15) is 19.3 Å². The van der Waals surface area contributed by atoms with Crippen molar-refractivity contribution in [2.75, 3.05) is 39.6 Å². The number of phosphoric ester groups is 2. The molecule has 594 valence electrons. The molecule has 0 aromatic carbocycles. The number of carbonyl (C=O) groups is 4. The molecule has 0 bridgehead atoms. The van der Waals surface area contributed by atoms with Crippen molar-refractivity contribution in [2.24, 2.45) is 0 Å². The van der Waals surface area contributed by atoms with Gasteiger partial charge in [-0.05, 0) is 122 Å². The first-order valence-corrected chi connectivity index (χ1v) is 44.2. The molecule has 0 heterocycles. The second kappa shape index (κ2) is 75.7. The SMILES string of the molecule is CCCCC/C=C\C/C=C\C/C=C\CCCCCCCCC(=O)OCC(COP(=O)(O)OCC(O)COP(=O)(O)OCC(COC(=O)CCCCCCC/C=C\C/C=C\CCCCC)OC(=O)CCCCCCCCCCCCCCCCC)OC(=O)CCCCCCC/C=C\CCCCCC. The van der Waals surface area contributed by atoms with E-state index in [2.05, 4.69) is 101 Å². The zero-order valence-electron chi connectivity index (χ0n) is 65.0. The molecule has 3 N–H and O–H groups in total. The second-order valence-corrected chi connectivity index (χ2v) is 30.6. The lowest BCUT2D eigenvalue weighted by atomic mass is 10.0. The molecule has 0 aliphatic heterocycles. The van der Waals surface area contributed by atoms with Gasteiger partial charge >= 0.3 is 39.5 Å². The third-order valence-electron chi connectivity index (χ3n) is 17.6. The van der Waals surface area contributed by atoms with Crippen LogP contribution in [0.15, 0.2) is 72.9 Å². The van der Waals surface area contributed by atoms with Gasteiger partial charge in [0.25, 0.3) is 0 Å². The molecule has 0 aromatic heterocycles. The molecule has 102 heavy (non-hydrogen) atoms. The maximum Gasteiger partial charge on any atom is 0.472 e. The van der Waals surface area contributed by atoms with Gasteiger partial charge in [0, 0.05) is 25.7 Å². The predicted molar refractivity (Wildman–Crippen MR) is 418 cm³/mol. The summed E-state index contributed by atoms with van der Waals surface area (Å²) in [5.41, 5.74) is 0. The Morgan fingerprint density at radius 2 is 0.480 bits per heavy atom. The molecule has 0 aromatic rings. The van der Waals surface area contributed by atoms with Gasteiger partial charge in [0.15, 0.2) is 12.2 Å². The number of aliphatic hydroxyl groups is 1. The Morgan fingerprint density at radius 3 is 0.775 bits per heavy atom. The van der Waals surface area contributed by atoms with E-state index in [4.69, 9.17) is 37.0 Å². The van der Waals surface area contributed by atoms with E-state index in [0.29, 0.717) is 25.7 Å². The number of hydrogen-bond acceptors (Lipinski definition) is 15. The highest BCUT2D eigenvalue weighted by atomic mass is 31.2. The van der Waals surface area contributed by atoms with E-state index in [9.17, 15) is 43.2 Å². The largest absolute Gasteiger partial charge is 0.472 e. The molecule has 0 fully saturated rings. The van der Waals surface area contributed by atoms with E-state index in [0.717, 1.165) is 167 Å². The van der Waals surface area contributed by atoms with Crippen LogP contribution in [0.5, 0.6) is 0 Å². The number of ether oxygens (including phenoxy) is 4. The van der Waals surface area contributed by atoms with Crippen molar-refractivity contribution < 1.29 is 80.2 Å². The van der Waals surface area contributed by atoms with Gasteiger partial charge in [-0.25, -0.2) is 9.13 Å². The van der Waals surface area contributed by atoms with Crippen molar-refractivity contribution >= 4 is 39.5 Å². The molecule has 0 amide bonds. The zero-order valence-corrected chi connectivity index (χ0v) is 66.8. The van der Waals surface area contributed by atoms with Crippen LogP contribution in [-0.2, 0) is 65.4 Å². The summed E-state index contributed by atoms with van der Waals surface area (Å²) in [6.45, 7) is 4.84.